The van der Waals surface area contributed by atoms with Crippen molar-refractivity contribution in [3.8, 4) is 5.75 Å². The van der Waals surface area contributed by atoms with Crippen LogP contribution in [-0.2, 0) is 19.4 Å². The van der Waals surface area contributed by atoms with Gasteiger partial charge in [-0.25, -0.2) is 0 Å². The highest BCUT2D eigenvalue weighted by molar-refractivity contribution is 5.39. The van der Waals surface area contributed by atoms with E-state index in [2.05, 4.69) is 46.3 Å². The Morgan fingerprint density at radius 3 is 2.52 bits per heavy atom. The lowest BCUT2D eigenvalue weighted by Gasteiger charge is -2.26. The molecule has 0 amide bonds. The Balaban J connectivity index is 1.43. The molecule has 3 nitrogen and oxygen atoms in total. The zero-order valence-electron chi connectivity index (χ0n) is 13.1. The molecule has 0 saturated heterocycles. The van der Waals surface area contributed by atoms with Crippen LogP contribution in [0.2, 0.25) is 0 Å². The number of ether oxygens (including phenoxy) is 1. The fourth-order valence-electron chi connectivity index (χ4n) is 3.09. The first-order valence-corrected chi connectivity index (χ1v) is 8.15. The Kier molecular flexibility index (Phi) is 3.85. The van der Waals surface area contributed by atoms with Crippen LogP contribution in [0.5, 0.6) is 5.75 Å². The van der Waals surface area contributed by atoms with Crippen LogP contribution in [0.15, 0.2) is 66.7 Å². The molecule has 1 aromatic heterocycles. The average molecular weight is 304 g/mol. The zero-order chi connectivity index (χ0) is 15.5. The molecular formula is C20H20N2O. The molecule has 23 heavy (non-hydrogen) atoms. The number of hydrogen-bond acceptors (Lipinski definition) is 3. The van der Waals surface area contributed by atoms with Gasteiger partial charge in [0.15, 0.2) is 0 Å². The monoisotopic (exact) mass is 304 g/mol. The van der Waals surface area contributed by atoms with Crippen LogP contribution < -0.4 is 4.74 Å². The van der Waals surface area contributed by atoms with E-state index in [4.69, 9.17) is 4.74 Å². The molecule has 0 radical (unpaired) electrons. The van der Waals surface area contributed by atoms with Crippen LogP contribution in [0, 0.1) is 0 Å². The molecule has 1 aliphatic heterocycles. The van der Waals surface area contributed by atoms with Gasteiger partial charge in [-0.3, -0.25) is 4.98 Å². The van der Waals surface area contributed by atoms with Crippen molar-refractivity contribution in [2.24, 2.45) is 0 Å². The molecule has 1 aliphatic carbocycles. The number of aromatic nitrogens is 1. The Bertz CT molecular complexity index is 749. The van der Waals surface area contributed by atoms with Gasteiger partial charge in [0.1, 0.15) is 12.4 Å². The van der Waals surface area contributed by atoms with E-state index in [1.807, 2.05) is 12.1 Å². The molecule has 2 aromatic rings. The predicted molar refractivity (Wildman–Crippen MR) is 91.2 cm³/mol. The van der Waals surface area contributed by atoms with Crippen molar-refractivity contribution in [1.29, 1.82) is 0 Å². The summed E-state index contributed by atoms with van der Waals surface area (Å²) < 4.78 is 5.94. The molecule has 2 aliphatic rings. The third-order valence-corrected chi connectivity index (χ3v) is 4.53. The summed E-state index contributed by atoms with van der Waals surface area (Å²) in [7, 11) is 0. The van der Waals surface area contributed by atoms with E-state index in [9.17, 15) is 0 Å². The van der Waals surface area contributed by atoms with Crippen LogP contribution >= 0.6 is 0 Å². The summed E-state index contributed by atoms with van der Waals surface area (Å²) in [5, 5.41) is 0. The highest BCUT2D eigenvalue weighted by Gasteiger charge is 2.16. The number of pyridine rings is 1. The fourth-order valence-corrected chi connectivity index (χ4v) is 3.09. The molecule has 0 N–H and O–H groups in total. The lowest BCUT2D eigenvalue weighted by atomic mass is 10.0. The lowest BCUT2D eigenvalue weighted by molar-refractivity contribution is 0.305. The smallest absolute Gasteiger partial charge is 0.120 e. The van der Waals surface area contributed by atoms with Crippen LogP contribution in [0.1, 0.15) is 16.7 Å². The van der Waals surface area contributed by atoms with Gasteiger partial charge in [-0.2, -0.15) is 0 Å². The van der Waals surface area contributed by atoms with Crippen molar-refractivity contribution >= 4 is 0 Å². The second-order valence-electron chi connectivity index (χ2n) is 6.01. The topological polar surface area (TPSA) is 25.4 Å². The summed E-state index contributed by atoms with van der Waals surface area (Å²) in [5.41, 5.74) is 5.38. The molecule has 0 spiro atoms. The lowest BCUT2D eigenvalue weighted by Crippen LogP contribution is -2.26. The second kappa shape index (κ2) is 6.29. The van der Waals surface area contributed by atoms with Gasteiger partial charge in [0.05, 0.1) is 0 Å². The summed E-state index contributed by atoms with van der Waals surface area (Å²) in [6, 6.07) is 10.5. The van der Waals surface area contributed by atoms with Crippen molar-refractivity contribution < 1.29 is 4.74 Å². The van der Waals surface area contributed by atoms with Gasteiger partial charge in [-0.15, -0.1) is 0 Å². The molecule has 0 fully saturated rings. The van der Waals surface area contributed by atoms with Crippen LogP contribution in [0.25, 0.3) is 0 Å². The number of benzene rings is 1. The summed E-state index contributed by atoms with van der Waals surface area (Å²) in [5.74, 6) is 0.955. The highest BCUT2D eigenvalue weighted by atomic mass is 16.5. The largest absolute Gasteiger partial charge is 0.489 e. The standard InChI is InChI=1S/C20H20N2O/c1-2-19(3-1)22-12-8-17-4-5-20(14-18(17)9-13-22)23-15-16-6-10-21-11-7-16/h1-7,10-11,14H,8-9,12-13,15H2. The van der Waals surface area contributed by atoms with Crippen molar-refractivity contribution in [3.63, 3.8) is 0 Å². The zero-order valence-corrected chi connectivity index (χ0v) is 13.1. The summed E-state index contributed by atoms with van der Waals surface area (Å²) in [4.78, 5) is 6.50. The highest BCUT2D eigenvalue weighted by Crippen LogP contribution is 2.25. The first kappa shape index (κ1) is 14.1. The molecule has 0 atom stereocenters. The SMILES string of the molecule is C1=CC(N2CCc3ccc(OCc4ccncc4)cc3CC2)=C1. The van der Waals surface area contributed by atoms with Crippen molar-refractivity contribution in [2.75, 3.05) is 13.1 Å². The molecule has 0 saturated carbocycles. The van der Waals surface area contributed by atoms with E-state index in [0.29, 0.717) is 6.61 Å². The molecular weight excluding hydrogens is 284 g/mol. The third kappa shape index (κ3) is 3.14. The maximum atomic E-state index is 5.94. The second-order valence-corrected chi connectivity index (χ2v) is 6.01. The van der Waals surface area contributed by atoms with E-state index in [0.717, 1.165) is 37.2 Å². The summed E-state index contributed by atoms with van der Waals surface area (Å²) in [6.07, 6.45) is 12.3. The molecule has 3 heteroatoms. The molecule has 2 heterocycles. The summed E-state index contributed by atoms with van der Waals surface area (Å²) in [6.45, 7) is 2.77. The van der Waals surface area contributed by atoms with E-state index in [1.54, 1.807) is 12.4 Å². The minimum Gasteiger partial charge on any atom is -0.489 e. The molecule has 0 unspecified atom stereocenters. The fraction of sp³-hybridized carbons (Fsp3) is 0.250. The van der Waals surface area contributed by atoms with Gasteiger partial charge in [-0.05, 0) is 65.9 Å². The maximum Gasteiger partial charge on any atom is 0.120 e. The van der Waals surface area contributed by atoms with Gasteiger partial charge in [0.25, 0.3) is 0 Å². The molecule has 1 aromatic carbocycles. The minimum atomic E-state index is 0.588. The Hall–Kier alpha value is -2.55. The van der Waals surface area contributed by atoms with Gasteiger partial charge in [0, 0.05) is 31.2 Å². The number of rotatable bonds is 4. The van der Waals surface area contributed by atoms with Gasteiger partial charge in [-0.1, -0.05) is 12.1 Å². The number of hydrogen-bond donors (Lipinski definition) is 0. The van der Waals surface area contributed by atoms with Gasteiger partial charge < -0.3 is 9.64 Å². The van der Waals surface area contributed by atoms with E-state index >= 15 is 0 Å². The van der Waals surface area contributed by atoms with Crippen LogP contribution in [0.4, 0.5) is 0 Å². The maximum absolute atomic E-state index is 5.94. The van der Waals surface area contributed by atoms with Gasteiger partial charge >= 0.3 is 0 Å². The molecule has 0 bridgehead atoms. The third-order valence-electron chi connectivity index (χ3n) is 4.53. The molecule has 116 valence electrons. The number of allylic oxidation sites excluding steroid dienone is 3. The summed E-state index contributed by atoms with van der Waals surface area (Å²) >= 11 is 0. The Morgan fingerprint density at radius 1 is 1.00 bits per heavy atom. The van der Waals surface area contributed by atoms with Crippen LogP contribution in [0.3, 0.4) is 0 Å². The van der Waals surface area contributed by atoms with Gasteiger partial charge in [0.2, 0.25) is 0 Å². The van der Waals surface area contributed by atoms with E-state index in [-0.39, 0.29) is 0 Å². The predicted octanol–water partition coefficient (Wildman–Crippen LogP) is 3.51. The number of fused-ring (bicyclic) bond motifs is 1. The van der Waals surface area contributed by atoms with Crippen molar-refractivity contribution in [1.82, 2.24) is 9.88 Å². The molecule has 4 rings (SSSR count). The first-order valence-electron chi connectivity index (χ1n) is 8.15. The first-order chi connectivity index (χ1) is 11.4. The average Bonchev–Trinajstić information content (AvgIpc) is 2.75. The van der Waals surface area contributed by atoms with Crippen molar-refractivity contribution in [2.45, 2.75) is 19.4 Å². The minimum absolute atomic E-state index is 0.588. The number of nitrogens with zero attached hydrogens (tertiary/aromatic N) is 2. The van der Waals surface area contributed by atoms with E-state index < -0.39 is 0 Å². The van der Waals surface area contributed by atoms with E-state index in [1.165, 1.54) is 16.8 Å². The quantitative estimate of drug-likeness (QED) is 0.864. The Morgan fingerprint density at radius 2 is 1.78 bits per heavy atom. The Labute approximate surface area is 136 Å². The normalized spacial score (nSPS) is 16.2. The van der Waals surface area contributed by atoms with Crippen molar-refractivity contribution in [3.05, 3.63) is 83.3 Å². The van der Waals surface area contributed by atoms with Crippen LogP contribution in [-0.4, -0.2) is 23.0 Å².